The number of aliphatic hydroxyl groups is 1. The van der Waals surface area contributed by atoms with Gasteiger partial charge in [-0.25, -0.2) is 0 Å². The van der Waals surface area contributed by atoms with Gasteiger partial charge in [-0.15, -0.1) is 0 Å². The average Bonchev–Trinajstić information content (AvgIpc) is 2.62. The van der Waals surface area contributed by atoms with Crippen molar-refractivity contribution in [2.75, 3.05) is 24.6 Å². The molecular formula is C18H24F3N3O3S. The van der Waals surface area contributed by atoms with Crippen LogP contribution in [0.2, 0.25) is 0 Å². The van der Waals surface area contributed by atoms with Gasteiger partial charge in [-0.2, -0.15) is 13.2 Å². The van der Waals surface area contributed by atoms with Crippen LogP contribution in [0.4, 0.5) is 18.9 Å². The minimum Gasteiger partial charge on any atom is -0.466 e. The minimum atomic E-state index is -5.16. The van der Waals surface area contributed by atoms with Crippen molar-refractivity contribution in [1.29, 1.82) is 0 Å². The molecule has 1 aliphatic rings. The smallest absolute Gasteiger partial charge is 0.437 e. The van der Waals surface area contributed by atoms with Gasteiger partial charge < -0.3 is 25.4 Å². The maximum absolute atomic E-state index is 13.7. The molecule has 2 rings (SSSR count). The quantitative estimate of drug-likeness (QED) is 0.483. The molecule has 1 fully saturated rings. The highest BCUT2D eigenvalue weighted by Gasteiger charge is 2.66. The topological polar surface area (TPSA) is 73.8 Å². The zero-order valence-electron chi connectivity index (χ0n) is 15.8. The van der Waals surface area contributed by atoms with Crippen molar-refractivity contribution in [3.05, 3.63) is 29.8 Å². The molecule has 0 radical (unpaired) electrons. The van der Waals surface area contributed by atoms with Crippen molar-refractivity contribution in [3.63, 3.8) is 0 Å². The number of carbonyl (C=O) groups is 1. The van der Waals surface area contributed by atoms with Crippen molar-refractivity contribution >= 4 is 29.0 Å². The number of nitrogens with one attached hydrogen (secondary N) is 2. The third-order valence-corrected chi connectivity index (χ3v) is 4.95. The van der Waals surface area contributed by atoms with E-state index in [-0.39, 0.29) is 6.61 Å². The van der Waals surface area contributed by atoms with Gasteiger partial charge >= 0.3 is 12.1 Å². The molecule has 1 aromatic carbocycles. The van der Waals surface area contributed by atoms with E-state index in [1.165, 1.54) is 6.92 Å². The van der Waals surface area contributed by atoms with E-state index in [0.717, 1.165) is 18.8 Å². The largest absolute Gasteiger partial charge is 0.466 e. The van der Waals surface area contributed by atoms with Crippen LogP contribution in [-0.2, 0) is 9.53 Å². The summed E-state index contributed by atoms with van der Waals surface area (Å²) in [7, 11) is 0. The summed E-state index contributed by atoms with van der Waals surface area (Å²) in [6.45, 7) is 6.87. The van der Waals surface area contributed by atoms with Gasteiger partial charge in [0, 0.05) is 18.8 Å². The van der Waals surface area contributed by atoms with Crippen LogP contribution in [0.25, 0.3) is 0 Å². The normalized spacial score (nSPS) is 24.9. The lowest BCUT2D eigenvalue weighted by Gasteiger charge is -2.45. The molecule has 3 unspecified atom stereocenters. The number of benzene rings is 1. The molecule has 1 aromatic rings. The maximum Gasteiger partial charge on any atom is 0.437 e. The Kier molecular flexibility index (Phi) is 6.76. The number of esters is 1. The van der Waals surface area contributed by atoms with Crippen molar-refractivity contribution < 1.29 is 27.8 Å². The molecule has 6 nitrogen and oxygen atoms in total. The van der Waals surface area contributed by atoms with Gasteiger partial charge in [0.05, 0.1) is 12.6 Å². The first-order valence-corrected chi connectivity index (χ1v) is 9.39. The van der Waals surface area contributed by atoms with Gasteiger partial charge in [0.1, 0.15) is 5.92 Å². The van der Waals surface area contributed by atoms with Gasteiger partial charge in [-0.3, -0.25) is 4.79 Å². The molecule has 0 aliphatic carbocycles. The van der Waals surface area contributed by atoms with Crippen LogP contribution in [-0.4, -0.2) is 47.8 Å². The number of anilines is 1. The number of hydrogen-bond donors (Lipinski definition) is 3. The highest BCUT2D eigenvalue weighted by Crippen LogP contribution is 2.43. The zero-order valence-corrected chi connectivity index (χ0v) is 16.7. The van der Waals surface area contributed by atoms with E-state index in [2.05, 4.69) is 10.2 Å². The molecule has 0 aromatic heterocycles. The second-order valence-corrected chi connectivity index (χ2v) is 6.74. The molecule has 3 atom stereocenters. The SMILES string of the molecule is CCOC(=O)C1C(c2ccc(N(CC)CC)cc2)NC(=S)NC1(O)C(F)(F)F. The summed E-state index contributed by atoms with van der Waals surface area (Å²) in [6, 6.07) is 5.52. The van der Waals surface area contributed by atoms with Crippen LogP contribution in [0.15, 0.2) is 24.3 Å². The van der Waals surface area contributed by atoms with Gasteiger partial charge in [0.25, 0.3) is 5.72 Å². The molecule has 1 heterocycles. The first-order valence-electron chi connectivity index (χ1n) is 8.98. The molecular weight excluding hydrogens is 395 g/mol. The Balaban J connectivity index is 2.49. The van der Waals surface area contributed by atoms with Crippen molar-refractivity contribution in [3.8, 4) is 0 Å². The fraction of sp³-hybridized carbons (Fsp3) is 0.556. The van der Waals surface area contributed by atoms with Crippen LogP contribution in [0, 0.1) is 5.92 Å². The Labute approximate surface area is 167 Å². The molecule has 0 amide bonds. The number of hydrogen-bond acceptors (Lipinski definition) is 5. The van der Waals surface area contributed by atoms with E-state index in [9.17, 15) is 23.1 Å². The number of thiocarbonyl (C=S) groups is 1. The lowest BCUT2D eigenvalue weighted by Crippen LogP contribution is -2.73. The molecule has 28 heavy (non-hydrogen) atoms. The monoisotopic (exact) mass is 419 g/mol. The first-order chi connectivity index (χ1) is 13.1. The molecule has 0 saturated carbocycles. The molecule has 0 spiro atoms. The number of ether oxygens (including phenoxy) is 1. The van der Waals surface area contributed by atoms with E-state index in [1.54, 1.807) is 24.3 Å². The van der Waals surface area contributed by atoms with E-state index in [1.807, 2.05) is 19.2 Å². The third-order valence-electron chi connectivity index (χ3n) is 4.73. The van der Waals surface area contributed by atoms with Crippen LogP contribution in [0.3, 0.4) is 0 Å². The number of rotatable bonds is 6. The summed E-state index contributed by atoms with van der Waals surface area (Å²) in [5.41, 5.74) is -2.28. The van der Waals surface area contributed by atoms with Crippen molar-refractivity contribution in [2.45, 2.75) is 38.7 Å². The van der Waals surface area contributed by atoms with Crippen molar-refractivity contribution in [1.82, 2.24) is 10.6 Å². The highest BCUT2D eigenvalue weighted by atomic mass is 32.1. The summed E-state index contributed by atoms with van der Waals surface area (Å²) in [4.78, 5) is 14.5. The standard InChI is InChI=1S/C18H24F3N3O3S/c1-4-24(5-2)12-9-7-11(8-10-12)14-13(15(25)27-6-3)17(26,18(19,20)21)23-16(28)22-14/h7-10,13-14,26H,4-6H2,1-3H3,(H2,22,23,28). The second-order valence-electron chi connectivity index (χ2n) is 6.33. The highest BCUT2D eigenvalue weighted by molar-refractivity contribution is 7.80. The van der Waals surface area contributed by atoms with Crippen LogP contribution in [0.1, 0.15) is 32.4 Å². The summed E-state index contributed by atoms with van der Waals surface area (Å²) in [5.74, 6) is -3.17. The predicted molar refractivity (Wildman–Crippen MR) is 103 cm³/mol. The van der Waals surface area contributed by atoms with Crippen LogP contribution in [0.5, 0.6) is 0 Å². The number of carbonyl (C=O) groups excluding carboxylic acids is 1. The maximum atomic E-state index is 13.7. The molecule has 156 valence electrons. The molecule has 10 heteroatoms. The Bertz CT molecular complexity index is 710. The van der Waals surface area contributed by atoms with Crippen LogP contribution < -0.4 is 15.5 Å². The lowest BCUT2D eigenvalue weighted by molar-refractivity contribution is -0.292. The van der Waals surface area contributed by atoms with Gasteiger partial charge in [-0.1, -0.05) is 12.1 Å². The van der Waals surface area contributed by atoms with Gasteiger partial charge in [0.15, 0.2) is 5.11 Å². The fourth-order valence-corrected chi connectivity index (χ4v) is 3.58. The van der Waals surface area contributed by atoms with E-state index in [4.69, 9.17) is 17.0 Å². The lowest BCUT2D eigenvalue weighted by atomic mass is 9.82. The van der Waals surface area contributed by atoms with E-state index in [0.29, 0.717) is 5.56 Å². The second kappa shape index (κ2) is 8.52. The van der Waals surface area contributed by atoms with E-state index < -0.39 is 34.9 Å². The molecule has 0 bridgehead atoms. The Morgan fingerprint density at radius 2 is 1.82 bits per heavy atom. The Morgan fingerprint density at radius 1 is 1.25 bits per heavy atom. The summed E-state index contributed by atoms with van der Waals surface area (Å²) in [6.07, 6.45) is -5.16. The Hall–Kier alpha value is -2.07. The van der Waals surface area contributed by atoms with Crippen molar-refractivity contribution in [2.24, 2.45) is 5.92 Å². The molecule has 1 aliphatic heterocycles. The third kappa shape index (κ3) is 4.17. The van der Waals surface area contributed by atoms with Crippen LogP contribution >= 0.6 is 12.2 Å². The van der Waals surface area contributed by atoms with E-state index >= 15 is 0 Å². The zero-order chi connectivity index (χ0) is 21.1. The first kappa shape index (κ1) is 22.2. The fourth-order valence-electron chi connectivity index (χ4n) is 3.30. The summed E-state index contributed by atoms with van der Waals surface area (Å²) >= 11 is 4.87. The number of nitrogens with zero attached hydrogens (tertiary/aromatic N) is 1. The minimum absolute atomic E-state index is 0.124. The van der Waals surface area contributed by atoms with Gasteiger partial charge in [-0.05, 0) is 50.7 Å². The Morgan fingerprint density at radius 3 is 2.29 bits per heavy atom. The number of alkyl halides is 3. The number of halogens is 3. The summed E-state index contributed by atoms with van der Waals surface area (Å²) in [5, 5.41) is 14.5. The average molecular weight is 419 g/mol. The molecule has 1 saturated heterocycles. The predicted octanol–water partition coefficient (Wildman–Crippen LogP) is 2.48. The summed E-state index contributed by atoms with van der Waals surface area (Å²) < 4.78 is 45.9. The molecule has 3 N–H and O–H groups in total. The van der Waals surface area contributed by atoms with Gasteiger partial charge in [0.2, 0.25) is 0 Å².